The summed E-state index contributed by atoms with van der Waals surface area (Å²) in [5.74, 6) is -0.897. The van der Waals surface area contributed by atoms with Gasteiger partial charge in [0, 0.05) is 13.0 Å². The Morgan fingerprint density at radius 3 is 1.48 bits per heavy atom. The quantitative estimate of drug-likeness (QED) is 0.0298. The van der Waals surface area contributed by atoms with Crippen LogP contribution in [0.4, 0.5) is 0 Å². The van der Waals surface area contributed by atoms with Crippen LogP contribution in [-0.4, -0.2) is 42.3 Å². The first-order valence-electron chi connectivity index (χ1n) is 19.4. The van der Waals surface area contributed by atoms with E-state index in [-0.39, 0.29) is 23.7 Å². The number of amides is 2. The highest BCUT2D eigenvalue weighted by molar-refractivity contribution is 9.09. The van der Waals surface area contributed by atoms with Gasteiger partial charge in [-0.2, -0.15) is 0 Å². The SMILES string of the molecule is CCCCC/C=C\C/C=C\CCCCCCCCOC(=O)[C@H](CNC(=O)CBr)NC(=O)CCCCCCC/C=C\C/C=C\CCCCC. The minimum absolute atomic E-state index is 0.0286. The molecule has 0 radical (unpaired) electrons. The Labute approximate surface area is 303 Å². The molecule has 1 atom stereocenters. The van der Waals surface area contributed by atoms with Crippen molar-refractivity contribution >= 4 is 33.7 Å². The number of carbonyl (C=O) groups excluding carboxylic acids is 3. The molecule has 0 fully saturated rings. The van der Waals surface area contributed by atoms with E-state index in [2.05, 4.69) is 89.0 Å². The van der Waals surface area contributed by atoms with Gasteiger partial charge in [-0.25, -0.2) is 4.79 Å². The molecule has 0 saturated heterocycles. The highest BCUT2D eigenvalue weighted by Crippen LogP contribution is 2.10. The van der Waals surface area contributed by atoms with E-state index >= 15 is 0 Å². The largest absolute Gasteiger partial charge is 0.464 e. The molecular formula is C41H71BrN2O4. The fourth-order valence-corrected chi connectivity index (χ4v) is 5.38. The molecule has 0 saturated carbocycles. The van der Waals surface area contributed by atoms with E-state index < -0.39 is 12.0 Å². The van der Waals surface area contributed by atoms with Crippen LogP contribution in [0.25, 0.3) is 0 Å². The highest BCUT2D eigenvalue weighted by Gasteiger charge is 2.22. The number of hydrogen-bond donors (Lipinski definition) is 2. The first-order chi connectivity index (χ1) is 23.5. The molecule has 0 aromatic heterocycles. The zero-order valence-corrected chi connectivity index (χ0v) is 32.4. The van der Waals surface area contributed by atoms with Gasteiger partial charge >= 0.3 is 5.97 Å². The first kappa shape index (κ1) is 45.9. The lowest BCUT2D eigenvalue weighted by Gasteiger charge is -2.18. The number of ether oxygens (including phenoxy) is 1. The van der Waals surface area contributed by atoms with Gasteiger partial charge in [-0.3, -0.25) is 9.59 Å². The van der Waals surface area contributed by atoms with Crippen LogP contribution in [-0.2, 0) is 19.1 Å². The van der Waals surface area contributed by atoms with Crippen molar-refractivity contribution in [1.82, 2.24) is 10.6 Å². The summed E-state index contributed by atoms with van der Waals surface area (Å²) >= 11 is 3.12. The van der Waals surface area contributed by atoms with Gasteiger partial charge in [-0.05, 0) is 77.0 Å². The Bertz CT molecular complexity index is 884. The molecule has 276 valence electrons. The maximum absolute atomic E-state index is 12.7. The molecular weight excluding hydrogens is 664 g/mol. The second kappa shape index (κ2) is 37.7. The van der Waals surface area contributed by atoms with Gasteiger partial charge in [0.05, 0.1) is 11.9 Å². The Kier molecular flexibility index (Phi) is 36.0. The molecule has 0 aliphatic carbocycles. The molecule has 2 amide bonds. The van der Waals surface area contributed by atoms with Crippen molar-refractivity contribution < 1.29 is 19.1 Å². The van der Waals surface area contributed by atoms with Gasteiger partial charge in [0.15, 0.2) is 0 Å². The van der Waals surface area contributed by atoms with Crippen LogP contribution in [0, 0.1) is 0 Å². The fourth-order valence-electron chi connectivity index (χ4n) is 5.18. The van der Waals surface area contributed by atoms with Crippen LogP contribution in [0.5, 0.6) is 0 Å². The van der Waals surface area contributed by atoms with E-state index in [1.165, 1.54) is 77.0 Å². The highest BCUT2D eigenvalue weighted by atomic mass is 79.9. The van der Waals surface area contributed by atoms with Gasteiger partial charge in [-0.15, -0.1) is 0 Å². The van der Waals surface area contributed by atoms with Crippen LogP contribution in [0.3, 0.4) is 0 Å². The van der Waals surface area contributed by atoms with Gasteiger partial charge in [0.2, 0.25) is 11.8 Å². The summed E-state index contributed by atoms with van der Waals surface area (Å²) in [6.45, 7) is 4.83. The van der Waals surface area contributed by atoms with Crippen molar-refractivity contribution in [2.75, 3.05) is 18.5 Å². The van der Waals surface area contributed by atoms with Crippen molar-refractivity contribution in [1.29, 1.82) is 0 Å². The number of esters is 1. The van der Waals surface area contributed by atoms with Crippen molar-refractivity contribution in [2.24, 2.45) is 0 Å². The van der Waals surface area contributed by atoms with Crippen LogP contribution < -0.4 is 10.6 Å². The Hall–Kier alpha value is -2.15. The minimum atomic E-state index is -0.872. The molecule has 0 rings (SSSR count). The molecule has 0 aliphatic heterocycles. The molecule has 6 nitrogen and oxygen atoms in total. The third kappa shape index (κ3) is 33.7. The lowest BCUT2D eigenvalue weighted by Crippen LogP contribution is -2.49. The molecule has 0 bridgehead atoms. The predicted molar refractivity (Wildman–Crippen MR) is 208 cm³/mol. The van der Waals surface area contributed by atoms with E-state index in [4.69, 9.17) is 4.74 Å². The molecule has 0 aliphatic rings. The first-order valence-corrected chi connectivity index (χ1v) is 20.6. The average molecular weight is 736 g/mol. The summed E-state index contributed by atoms with van der Waals surface area (Å²) in [4.78, 5) is 37.1. The molecule has 0 heterocycles. The number of nitrogens with one attached hydrogen (secondary N) is 2. The number of halogens is 1. The number of alkyl halides is 1. The molecule has 48 heavy (non-hydrogen) atoms. The molecule has 0 aromatic carbocycles. The summed E-state index contributed by atoms with van der Waals surface area (Å²) in [7, 11) is 0. The van der Waals surface area contributed by atoms with Crippen molar-refractivity contribution in [3.63, 3.8) is 0 Å². The van der Waals surface area contributed by atoms with E-state index in [1.54, 1.807) is 0 Å². The maximum atomic E-state index is 12.7. The molecule has 0 aromatic rings. The normalized spacial score (nSPS) is 12.5. The Morgan fingerprint density at radius 2 is 1.00 bits per heavy atom. The summed E-state index contributed by atoms with van der Waals surface area (Å²) in [6, 6.07) is -0.872. The van der Waals surface area contributed by atoms with Gasteiger partial charge < -0.3 is 15.4 Å². The van der Waals surface area contributed by atoms with E-state index in [0.717, 1.165) is 70.6 Å². The van der Waals surface area contributed by atoms with Gasteiger partial charge in [0.1, 0.15) is 6.04 Å². The van der Waals surface area contributed by atoms with Crippen molar-refractivity contribution in [3.05, 3.63) is 48.6 Å². The standard InChI is InChI=1S/C41H71BrN2O4/c1-3-5-7-9-11-13-15-17-19-21-23-25-27-29-31-33-35-48-41(47)38(37-43-40(46)36-42)44-39(45)34-32-30-28-26-24-22-20-18-16-14-12-10-8-6-4-2/h11-14,17-20,38H,3-10,15-16,21-37H2,1-2H3,(H,43,46)(H,44,45)/b13-11-,14-12-,19-17-,20-18-/t38-/m0/s1. The molecule has 0 unspecified atom stereocenters. The van der Waals surface area contributed by atoms with Crippen molar-refractivity contribution in [3.8, 4) is 0 Å². The predicted octanol–water partition coefficient (Wildman–Crippen LogP) is 11.2. The third-order valence-corrected chi connectivity index (χ3v) is 8.70. The smallest absolute Gasteiger partial charge is 0.330 e. The average Bonchev–Trinajstić information content (AvgIpc) is 3.09. The van der Waals surface area contributed by atoms with Crippen LogP contribution in [0.1, 0.15) is 168 Å². The topological polar surface area (TPSA) is 84.5 Å². The van der Waals surface area contributed by atoms with E-state index in [0.29, 0.717) is 13.0 Å². The number of allylic oxidation sites excluding steroid dienone is 8. The van der Waals surface area contributed by atoms with E-state index in [1.807, 2.05) is 0 Å². The number of hydrogen-bond acceptors (Lipinski definition) is 4. The second-order valence-corrected chi connectivity index (χ2v) is 13.4. The van der Waals surface area contributed by atoms with Gasteiger partial charge in [-0.1, -0.05) is 149 Å². The minimum Gasteiger partial charge on any atom is -0.464 e. The fraction of sp³-hybridized carbons (Fsp3) is 0.732. The molecule has 2 N–H and O–H groups in total. The number of rotatable bonds is 34. The van der Waals surface area contributed by atoms with E-state index in [9.17, 15) is 14.4 Å². The number of unbranched alkanes of at least 4 members (excludes halogenated alkanes) is 17. The summed E-state index contributed by atoms with van der Waals surface area (Å²) in [6.07, 6.45) is 44.8. The molecule has 7 heteroatoms. The monoisotopic (exact) mass is 734 g/mol. The van der Waals surface area contributed by atoms with Crippen molar-refractivity contribution in [2.45, 2.75) is 174 Å². The summed E-state index contributed by atoms with van der Waals surface area (Å²) in [5.41, 5.74) is 0. The Balaban J connectivity index is 4.02. The zero-order valence-electron chi connectivity index (χ0n) is 30.8. The lowest BCUT2D eigenvalue weighted by atomic mass is 10.1. The van der Waals surface area contributed by atoms with Gasteiger partial charge in [0.25, 0.3) is 0 Å². The van der Waals surface area contributed by atoms with Crippen LogP contribution >= 0.6 is 15.9 Å². The third-order valence-electron chi connectivity index (χ3n) is 8.19. The maximum Gasteiger partial charge on any atom is 0.330 e. The summed E-state index contributed by atoms with van der Waals surface area (Å²) in [5, 5.41) is 5.61. The van der Waals surface area contributed by atoms with Crippen LogP contribution in [0.2, 0.25) is 0 Å². The van der Waals surface area contributed by atoms with Crippen LogP contribution in [0.15, 0.2) is 48.6 Å². The zero-order chi connectivity index (χ0) is 35.2. The number of carbonyl (C=O) groups is 3. The molecule has 0 spiro atoms. The summed E-state index contributed by atoms with van der Waals surface area (Å²) < 4.78 is 5.48. The Morgan fingerprint density at radius 1 is 0.562 bits per heavy atom. The lowest BCUT2D eigenvalue weighted by molar-refractivity contribution is -0.148. The second-order valence-electron chi connectivity index (χ2n) is 12.8.